The first-order chi connectivity index (χ1) is 15.4. The van der Waals surface area contributed by atoms with Crippen molar-refractivity contribution in [2.24, 2.45) is 0 Å². The van der Waals surface area contributed by atoms with Gasteiger partial charge in [0, 0.05) is 4.88 Å². The van der Waals surface area contributed by atoms with E-state index in [1.807, 2.05) is 26.0 Å². The average molecular weight is 561 g/mol. The topological polar surface area (TPSA) is 95.1 Å². The highest BCUT2D eigenvalue weighted by atomic mass is 127. The Morgan fingerprint density at radius 3 is 2.75 bits per heavy atom. The number of methoxy groups -OCH3 is 1. The third-order valence-electron chi connectivity index (χ3n) is 5.33. The van der Waals surface area contributed by atoms with E-state index in [2.05, 4.69) is 34.0 Å². The monoisotopic (exact) mass is 561 g/mol. The van der Waals surface area contributed by atoms with Crippen molar-refractivity contribution in [3.05, 3.63) is 42.8 Å². The van der Waals surface area contributed by atoms with Crippen LogP contribution in [0.3, 0.4) is 0 Å². The largest absolute Gasteiger partial charge is 0.493 e. The van der Waals surface area contributed by atoms with Gasteiger partial charge in [-0.3, -0.25) is 4.79 Å². The quantitative estimate of drug-likeness (QED) is 0.261. The van der Waals surface area contributed by atoms with Gasteiger partial charge in [-0.25, -0.2) is 0 Å². The number of ether oxygens (including phenoxy) is 2. The summed E-state index contributed by atoms with van der Waals surface area (Å²) in [5, 5.41) is 22.5. The third-order valence-corrected chi connectivity index (χ3v) is 7.34. The van der Waals surface area contributed by atoms with Crippen LogP contribution in [0.25, 0.3) is 6.08 Å². The number of anilines is 1. The minimum Gasteiger partial charge on any atom is -0.493 e. The number of aryl methyl sites for hydroxylation is 1. The van der Waals surface area contributed by atoms with Crippen LogP contribution in [0.15, 0.2) is 17.7 Å². The molecule has 1 atom stereocenters. The van der Waals surface area contributed by atoms with Gasteiger partial charge in [0.1, 0.15) is 22.7 Å². The van der Waals surface area contributed by atoms with E-state index in [1.165, 1.54) is 17.4 Å². The number of nitrogens with one attached hydrogen (secondary N) is 1. The number of amides is 1. The summed E-state index contributed by atoms with van der Waals surface area (Å²) in [6.45, 7) is 4.03. The minimum atomic E-state index is -0.531. The third kappa shape index (κ3) is 5.25. The second kappa shape index (κ2) is 10.8. The van der Waals surface area contributed by atoms with Crippen molar-refractivity contribution in [1.29, 1.82) is 10.5 Å². The summed E-state index contributed by atoms with van der Waals surface area (Å²) < 4.78 is 12.3. The van der Waals surface area contributed by atoms with Crippen molar-refractivity contribution in [3.63, 3.8) is 0 Å². The fourth-order valence-corrected chi connectivity index (χ4v) is 5.47. The van der Waals surface area contributed by atoms with E-state index in [-0.39, 0.29) is 11.7 Å². The maximum Gasteiger partial charge on any atom is 0.266 e. The van der Waals surface area contributed by atoms with Crippen LogP contribution < -0.4 is 14.8 Å². The van der Waals surface area contributed by atoms with E-state index >= 15 is 0 Å². The van der Waals surface area contributed by atoms with Crippen molar-refractivity contribution < 1.29 is 14.3 Å². The second-order valence-corrected chi connectivity index (χ2v) is 9.79. The molecule has 0 unspecified atom stereocenters. The summed E-state index contributed by atoms with van der Waals surface area (Å²) in [7, 11) is 1.56. The Morgan fingerprint density at radius 2 is 2.09 bits per heavy atom. The molecule has 1 aliphatic rings. The van der Waals surface area contributed by atoms with Gasteiger partial charge < -0.3 is 14.8 Å². The molecular weight excluding hydrogens is 537 g/mol. The van der Waals surface area contributed by atoms with E-state index in [4.69, 9.17) is 9.47 Å². The number of carbonyl (C=O) groups is 1. The van der Waals surface area contributed by atoms with E-state index in [0.717, 1.165) is 46.1 Å². The molecule has 2 aromatic rings. The van der Waals surface area contributed by atoms with Gasteiger partial charge in [0.25, 0.3) is 5.91 Å². The van der Waals surface area contributed by atoms with Crippen LogP contribution in [0, 0.1) is 26.2 Å². The zero-order valence-electron chi connectivity index (χ0n) is 18.3. The van der Waals surface area contributed by atoms with E-state index in [0.29, 0.717) is 27.6 Å². The highest BCUT2D eigenvalue weighted by molar-refractivity contribution is 14.1. The van der Waals surface area contributed by atoms with Crippen LogP contribution in [0.1, 0.15) is 54.7 Å². The maximum atomic E-state index is 12.9. The molecule has 6 nitrogen and oxygen atoms in total. The lowest BCUT2D eigenvalue weighted by atomic mass is 9.96. The SMILES string of the molecule is CC[C@@H](C)Oc1c(I)cc(/C=C(\C#N)C(=O)Nc2sc3c(c2C#N)CCCC3)cc1OC. The summed E-state index contributed by atoms with van der Waals surface area (Å²) in [5.41, 5.74) is 2.17. The molecule has 0 saturated carbocycles. The molecule has 0 aliphatic heterocycles. The fourth-order valence-electron chi connectivity index (χ4n) is 3.48. The number of carbonyl (C=O) groups excluding carboxylic acids is 1. The fraction of sp³-hybridized carbons (Fsp3) is 0.375. The lowest BCUT2D eigenvalue weighted by molar-refractivity contribution is -0.112. The Balaban J connectivity index is 1.89. The normalized spacial score (nSPS) is 14.0. The van der Waals surface area contributed by atoms with Crippen molar-refractivity contribution in [2.45, 2.75) is 52.1 Å². The van der Waals surface area contributed by atoms with Gasteiger partial charge in [0.05, 0.1) is 22.3 Å². The van der Waals surface area contributed by atoms with Crippen LogP contribution in [-0.4, -0.2) is 19.1 Å². The molecule has 1 aromatic heterocycles. The molecule has 0 radical (unpaired) electrons. The molecule has 0 spiro atoms. The second-order valence-electron chi connectivity index (χ2n) is 7.52. The molecule has 1 aliphatic carbocycles. The van der Waals surface area contributed by atoms with Crippen LogP contribution in [0.5, 0.6) is 11.5 Å². The molecule has 32 heavy (non-hydrogen) atoms. The molecule has 0 fully saturated rings. The van der Waals surface area contributed by atoms with Crippen molar-refractivity contribution in [1.82, 2.24) is 0 Å². The van der Waals surface area contributed by atoms with Crippen LogP contribution >= 0.6 is 33.9 Å². The van der Waals surface area contributed by atoms with Gasteiger partial charge in [0.2, 0.25) is 0 Å². The lowest BCUT2D eigenvalue weighted by Crippen LogP contribution is -2.13. The Morgan fingerprint density at radius 1 is 1.34 bits per heavy atom. The summed E-state index contributed by atoms with van der Waals surface area (Å²) >= 11 is 3.60. The summed E-state index contributed by atoms with van der Waals surface area (Å²) in [6.07, 6.45) is 6.33. The van der Waals surface area contributed by atoms with Crippen LogP contribution in [0.2, 0.25) is 0 Å². The molecule has 1 heterocycles. The van der Waals surface area contributed by atoms with Gasteiger partial charge >= 0.3 is 0 Å². The van der Waals surface area contributed by atoms with Crippen molar-refractivity contribution in [2.75, 3.05) is 12.4 Å². The zero-order valence-corrected chi connectivity index (χ0v) is 21.2. The van der Waals surface area contributed by atoms with Gasteiger partial charge in [-0.2, -0.15) is 10.5 Å². The molecule has 1 N–H and O–H groups in total. The van der Waals surface area contributed by atoms with Gasteiger partial charge in [-0.15, -0.1) is 11.3 Å². The van der Waals surface area contributed by atoms with Crippen LogP contribution in [0.4, 0.5) is 5.00 Å². The summed E-state index contributed by atoms with van der Waals surface area (Å²) in [6, 6.07) is 7.79. The molecule has 8 heteroatoms. The highest BCUT2D eigenvalue weighted by Crippen LogP contribution is 2.38. The highest BCUT2D eigenvalue weighted by Gasteiger charge is 2.23. The molecular formula is C24H24IN3O3S. The van der Waals surface area contributed by atoms with Crippen molar-refractivity contribution >= 4 is 50.9 Å². The number of benzene rings is 1. The molecule has 3 rings (SSSR count). The summed E-state index contributed by atoms with van der Waals surface area (Å²) in [4.78, 5) is 14.0. The Kier molecular flexibility index (Phi) is 8.16. The van der Waals surface area contributed by atoms with Gasteiger partial charge in [-0.1, -0.05) is 6.92 Å². The zero-order chi connectivity index (χ0) is 23.3. The van der Waals surface area contributed by atoms with Gasteiger partial charge in [0.15, 0.2) is 11.5 Å². The number of fused-ring (bicyclic) bond motifs is 1. The number of hydrogen-bond acceptors (Lipinski definition) is 6. The van der Waals surface area contributed by atoms with E-state index in [9.17, 15) is 15.3 Å². The predicted molar refractivity (Wildman–Crippen MR) is 134 cm³/mol. The number of hydrogen-bond donors (Lipinski definition) is 1. The smallest absolute Gasteiger partial charge is 0.266 e. The lowest BCUT2D eigenvalue weighted by Gasteiger charge is -2.17. The molecule has 0 bridgehead atoms. The molecule has 166 valence electrons. The average Bonchev–Trinajstić information content (AvgIpc) is 3.15. The molecule has 1 aromatic carbocycles. The van der Waals surface area contributed by atoms with E-state index < -0.39 is 5.91 Å². The first-order valence-corrected chi connectivity index (χ1v) is 12.3. The van der Waals surface area contributed by atoms with E-state index in [1.54, 1.807) is 13.2 Å². The number of nitrogens with zero attached hydrogens (tertiary/aromatic N) is 2. The Hall–Kier alpha value is -2.56. The molecule has 1 amide bonds. The minimum absolute atomic E-state index is 0.0326. The number of thiophene rings is 1. The number of nitriles is 2. The Labute approximate surface area is 206 Å². The van der Waals surface area contributed by atoms with Crippen LogP contribution in [-0.2, 0) is 17.6 Å². The standard InChI is InChI=1S/C24H24IN3O3S/c1-4-14(2)31-22-19(25)10-15(11-20(22)30-3)9-16(12-26)23(29)28-24-18(13-27)17-7-5-6-8-21(17)32-24/h9-11,14H,4-8H2,1-3H3,(H,28,29)/b16-9+/t14-/m1/s1. The summed E-state index contributed by atoms with van der Waals surface area (Å²) in [5.74, 6) is 0.653. The number of halogens is 1. The Bertz CT molecular complexity index is 1140. The van der Waals surface area contributed by atoms with Crippen molar-refractivity contribution in [3.8, 4) is 23.6 Å². The van der Waals surface area contributed by atoms with Gasteiger partial charge in [-0.05, 0) is 91.0 Å². The first kappa shape index (κ1) is 24.1. The maximum absolute atomic E-state index is 12.9. The number of rotatable bonds is 7. The predicted octanol–water partition coefficient (Wildman–Crippen LogP) is 5.83. The first-order valence-electron chi connectivity index (χ1n) is 10.4. The molecule has 0 saturated heterocycles.